The summed E-state index contributed by atoms with van der Waals surface area (Å²) in [5.74, 6) is 0.122. The Morgan fingerprint density at radius 1 is 1.12 bits per heavy atom. The van der Waals surface area contributed by atoms with Crippen LogP contribution in [-0.4, -0.2) is 62.1 Å². The van der Waals surface area contributed by atoms with Gasteiger partial charge in [-0.2, -0.15) is 0 Å². The van der Waals surface area contributed by atoms with Gasteiger partial charge in [0.2, 0.25) is 0 Å². The molecule has 2 aliphatic rings. The van der Waals surface area contributed by atoms with Crippen LogP contribution >= 0.6 is 0 Å². The molecule has 2 saturated heterocycles. The van der Waals surface area contributed by atoms with Crippen molar-refractivity contribution < 1.29 is 9.53 Å². The van der Waals surface area contributed by atoms with Crippen LogP contribution in [0.4, 0.5) is 0 Å². The van der Waals surface area contributed by atoms with Crippen LogP contribution in [0.1, 0.15) is 19.3 Å². The largest absolute Gasteiger partial charge is 0.461 e. The van der Waals surface area contributed by atoms with Crippen LogP contribution in [0, 0.1) is 5.92 Å². The Hall–Kier alpha value is -0.610. The van der Waals surface area contributed by atoms with Gasteiger partial charge in [-0.05, 0) is 39.9 Å². The summed E-state index contributed by atoms with van der Waals surface area (Å²) in [4.78, 5) is 16.4. The zero-order chi connectivity index (χ0) is 11.5. The number of carbonyl (C=O) groups excluding carboxylic acids is 1. The number of esters is 1. The summed E-state index contributed by atoms with van der Waals surface area (Å²) in [5.41, 5.74) is 0. The lowest BCUT2D eigenvalue weighted by Gasteiger charge is -2.28. The van der Waals surface area contributed by atoms with Crippen molar-refractivity contribution >= 4 is 5.97 Å². The molecule has 0 aromatic heterocycles. The summed E-state index contributed by atoms with van der Waals surface area (Å²) >= 11 is 0. The number of hydrogen-bond acceptors (Lipinski definition) is 4. The third-order valence-corrected chi connectivity index (χ3v) is 3.59. The van der Waals surface area contributed by atoms with E-state index in [4.69, 9.17) is 4.74 Å². The summed E-state index contributed by atoms with van der Waals surface area (Å²) in [6.07, 6.45) is 3.22. The Labute approximate surface area is 97.5 Å². The highest BCUT2D eigenvalue weighted by Crippen LogP contribution is 2.19. The Balaban J connectivity index is 1.78. The molecule has 4 heteroatoms. The standard InChI is InChI=1S/C12H22N2O2/c1-13-6-3-4-10(8-13)12(15)16-11-5-7-14(2)9-11/h10-11H,3-9H2,1-2H3. The van der Waals surface area contributed by atoms with Crippen LogP contribution in [0.2, 0.25) is 0 Å². The fraction of sp³-hybridized carbons (Fsp3) is 0.917. The highest BCUT2D eigenvalue weighted by atomic mass is 16.5. The van der Waals surface area contributed by atoms with Gasteiger partial charge < -0.3 is 14.5 Å². The van der Waals surface area contributed by atoms with E-state index < -0.39 is 0 Å². The van der Waals surface area contributed by atoms with Crippen LogP contribution in [0.3, 0.4) is 0 Å². The number of likely N-dealkylation sites (N-methyl/N-ethyl adjacent to an activating group) is 1. The van der Waals surface area contributed by atoms with Crippen LogP contribution < -0.4 is 0 Å². The van der Waals surface area contributed by atoms with Gasteiger partial charge in [0.25, 0.3) is 0 Å². The van der Waals surface area contributed by atoms with Gasteiger partial charge in [0.1, 0.15) is 6.10 Å². The molecule has 2 fully saturated rings. The molecule has 0 aromatic rings. The number of ether oxygens (including phenoxy) is 1. The van der Waals surface area contributed by atoms with Gasteiger partial charge in [-0.1, -0.05) is 0 Å². The van der Waals surface area contributed by atoms with E-state index in [2.05, 4.69) is 23.9 Å². The molecular formula is C12H22N2O2. The molecule has 0 amide bonds. The second-order valence-corrected chi connectivity index (χ2v) is 5.21. The molecule has 0 N–H and O–H groups in total. The first-order chi connectivity index (χ1) is 7.65. The minimum absolute atomic E-state index is 0.0202. The van der Waals surface area contributed by atoms with Crippen molar-refractivity contribution in [2.75, 3.05) is 40.3 Å². The Kier molecular flexibility index (Phi) is 3.82. The van der Waals surface area contributed by atoms with Gasteiger partial charge >= 0.3 is 5.97 Å². The average molecular weight is 226 g/mol. The lowest BCUT2D eigenvalue weighted by Crippen LogP contribution is -2.38. The van der Waals surface area contributed by atoms with E-state index in [1.165, 1.54) is 0 Å². The fourth-order valence-corrected chi connectivity index (χ4v) is 2.61. The predicted molar refractivity (Wildman–Crippen MR) is 62.2 cm³/mol. The van der Waals surface area contributed by atoms with E-state index in [-0.39, 0.29) is 18.0 Å². The molecule has 2 atom stereocenters. The molecule has 92 valence electrons. The first-order valence-corrected chi connectivity index (χ1v) is 6.22. The first kappa shape index (κ1) is 11.9. The minimum Gasteiger partial charge on any atom is -0.461 e. The van der Waals surface area contributed by atoms with Crippen molar-refractivity contribution in [2.24, 2.45) is 5.92 Å². The Morgan fingerprint density at radius 3 is 2.50 bits per heavy atom. The summed E-state index contributed by atoms with van der Waals surface area (Å²) in [5, 5.41) is 0. The van der Waals surface area contributed by atoms with Gasteiger partial charge in [-0.15, -0.1) is 0 Å². The summed E-state index contributed by atoms with van der Waals surface area (Å²) in [6.45, 7) is 3.91. The summed E-state index contributed by atoms with van der Waals surface area (Å²) in [7, 11) is 4.14. The molecular weight excluding hydrogens is 204 g/mol. The van der Waals surface area contributed by atoms with E-state index in [9.17, 15) is 4.79 Å². The van der Waals surface area contributed by atoms with Crippen molar-refractivity contribution in [3.8, 4) is 0 Å². The fourth-order valence-electron chi connectivity index (χ4n) is 2.61. The number of carbonyl (C=O) groups is 1. The molecule has 16 heavy (non-hydrogen) atoms. The van der Waals surface area contributed by atoms with E-state index in [1.54, 1.807) is 0 Å². The first-order valence-electron chi connectivity index (χ1n) is 6.22. The summed E-state index contributed by atoms with van der Waals surface area (Å²) in [6, 6.07) is 0. The van der Waals surface area contributed by atoms with Gasteiger partial charge in [0.15, 0.2) is 0 Å². The van der Waals surface area contributed by atoms with Gasteiger partial charge in [-0.25, -0.2) is 0 Å². The molecule has 0 aromatic carbocycles. The maximum absolute atomic E-state index is 11.9. The minimum atomic E-state index is 0.0202. The number of likely N-dealkylation sites (tertiary alicyclic amines) is 2. The molecule has 0 radical (unpaired) electrons. The number of rotatable bonds is 2. The van der Waals surface area contributed by atoms with Gasteiger partial charge in [0.05, 0.1) is 5.92 Å². The van der Waals surface area contributed by atoms with Crippen molar-refractivity contribution in [3.63, 3.8) is 0 Å². The lowest BCUT2D eigenvalue weighted by molar-refractivity contribution is -0.155. The third kappa shape index (κ3) is 2.95. The van der Waals surface area contributed by atoms with E-state index in [0.717, 1.165) is 45.4 Å². The zero-order valence-electron chi connectivity index (χ0n) is 10.3. The van der Waals surface area contributed by atoms with Crippen LogP contribution in [0.25, 0.3) is 0 Å². The van der Waals surface area contributed by atoms with E-state index >= 15 is 0 Å². The average Bonchev–Trinajstić information content (AvgIpc) is 2.64. The number of piperidine rings is 1. The molecule has 0 spiro atoms. The van der Waals surface area contributed by atoms with Crippen LogP contribution in [0.15, 0.2) is 0 Å². The number of nitrogens with zero attached hydrogens (tertiary/aromatic N) is 2. The van der Waals surface area contributed by atoms with Gasteiger partial charge in [-0.3, -0.25) is 4.79 Å². The second kappa shape index (κ2) is 5.15. The second-order valence-electron chi connectivity index (χ2n) is 5.21. The molecule has 0 aliphatic carbocycles. The van der Waals surface area contributed by atoms with Crippen molar-refractivity contribution in [3.05, 3.63) is 0 Å². The molecule has 2 unspecified atom stereocenters. The smallest absolute Gasteiger partial charge is 0.310 e. The SMILES string of the molecule is CN1CCC(OC(=O)C2CCCN(C)C2)C1. The molecule has 2 aliphatic heterocycles. The van der Waals surface area contributed by atoms with Crippen molar-refractivity contribution in [2.45, 2.75) is 25.4 Å². The van der Waals surface area contributed by atoms with E-state index in [1.807, 2.05) is 0 Å². The highest BCUT2D eigenvalue weighted by Gasteiger charge is 2.29. The molecule has 2 heterocycles. The molecule has 0 saturated carbocycles. The topological polar surface area (TPSA) is 32.8 Å². The maximum Gasteiger partial charge on any atom is 0.310 e. The Bertz CT molecular complexity index is 257. The quantitative estimate of drug-likeness (QED) is 0.645. The lowest BCUT2D eigenvalue weighted by atomic mass is 9.99. The molecule has 2 rings (SSSR count). The highest BCUT2D eigenvalue weighted by molar-refractivity contribution is 5.73. The molecule has 4 nitrogen and oxygen atoms in total. The van der Waals surface area contributed by atoms with Crippen LogP contribution in [0.5, 0.6) is 0 Å². The number of hydrogen-bond donors (Lipinski definition) is 0. The molecule has 0 bridgehead atoms. The monoisotopic (exact) mass is 226 g/mol. The van der Waals surface area contributed by atoms with Crippen LogP contribution in [-0.2, 0) is 9.53 Å². The third-order valence-electron chi connectivity index (χ3n) is 3.59. The maximum atomic E-state index is 11.9. The predicted octanol–water partition coefficient (Wildman–Crippen LogP) is 0.575. The van der Waals surface area contributed by atoms with E-state index in [0.29, 0.717) is 0 Å². The summed E-state index contributed by atoms with van der Waals surface area (Å²) < 4.78 is 5.56. The van der Waals surface area contributed by atoms with Crippen molar-refractivity contribution in [1.82, 2.24) is 9.80 Å². The normalized spacial score (nSPS) is 32.9. The Morgan fingerprint density at radius 2 is 1.88 bits per heavy atom. The zero-order valence-corrected chi connectivity index (χ0v) is 10.3. The van der Waals surface area contributed by atoms with Crippen molar-refractivity contribution in [1.29, 1.82) is 0 Å². The van der Waals surface area contributed by atoms with Gasteiger partial charge in [0, 0.05) is 19.6 Å².